The van der Waals surface area contributed by atoms with Crippen LogP contribution in [0.2, 0.25) is 0 Å². The molecule has 1 aliphatic heterocycles. The van der Waals surface area contributed by atoms with Crippen molar-refractivity contribution in [2.24, 2.45) is 11.8 Å². The summed E-state index contributed by atoms with van der Waals surface area (Å²) in [6, 6.07) is 0. The van der Waals surface area contributed by atoms with Crippen LogP contribution in [-0.2, 0) is 4.79 Å². The highest BCUT2D eigenvalue weighted by Gasteiger charge is 2.18. The van der Waals surface area contributed by atoms with Crippen molar-refractivity contribution in [1.29, 1.82) is 0 Å². The van der Waals surface area contributed by atoms with E-state index in [0.717, 1.165) is 44.9 Å². The first-order chi connectivity index (χ1) is 7.63. The number of carbonyl (C=O) groups excluding carboxylic acids is 1. The minimum atomic E-state index is 0.336. The van der Waals surface area contributed by atoms with E-state index in [9.17, 15) is 4.79 Å². The number of nitrogens with one attached hydrogen (secondary N) is 1. The lowest BCUT2D eigenvalue weighted by molar-refractivity contribution is -0.131. The van der Waals surface area contributed by atoms with Crippen LogP contribution >= 0.6 is 0 Å². The van der Waals surface area contributed by atoms with Crippen LogP contribution in [0.5, 0.6) is 0 Å². The van der Waals surface area contributed by atoms with Gasteiger partial charge in [-0.05, 0) is 44.7 Å². The van der Waals surface area contributed by atoms with Crippen molar-refractivity contribution in [3.8, 4) is 0 Å². The Morgan fingerprint density at radius 2 is 2.25 bits per heavy atom. The van der Waals surface area contributed by atoms with E-state index in [-0.39, 0.29) is 0 Å². The van der Waals surface area contributed by atoms with Gasteiger partial charge in [0.25, 0.3) is 0 Å². The Morgan fingerprint density at radius 3 is 2.75 bits per heavy atom. The maximum Gasteiger partial charge on any atom is 0.222 e. The Morgan fingerprint density at radius 1 is 1.50 bits per heavy atom. The predicted octanol–water partition coefficient (Wildman–Crippen LogP) is 1.88. The van der Waals surface area contributed by atoms with Gasteiger partial charge in [-0.3, -0.25) is 4.79 Å². The van der Waals surface area contributed by atoms with E-state index in [1.54, 1.807) is 0 Å². The molecule has 16 heavy (non-hydrogen) atoms. The van der Waals surface area contributed by atoms with Crippen molar-refractivity contribution >= 4 is 5.91 Å². The number of carbonyl (C=O) groups is 1. The molecule has 1 atom stereocenters. The van der Waals surface area contributed by atoms with Crippen LogP contribution in [0, 0.1) is 11.8 Å². The summed E-state index contributed by atoms with van der Waals surface area (Å²) in [6.45, 7) is 10.4. The number of hydrogen-bond donors (Lipinski definition) is 1. The van der Waals surface area contributed by atoms with Crippen LogP contribution in [0.3, 0.4) is 0 Å². The Kier molecular flexibility index (Phi) is 5.81. The monoisotopic (exact) mass is 226 g/mol. The molecule has 94 valence electrons. The first kappa shape index (κ1) is 13.5. The third-order valence-electron chi connectivity index (χ3n) is 3.25. The van der Waals surface area contributed by atoms with E-state index in [0.29, 0.717) is 11.8 Å². The maximum atomic E-state index is 12.0. The molecule has 0 aliphatic carbocycles. The molecule has 3 heteroatoms. The van der Waals surface area contributed by atoms with Gasteiger partial charge in [0.05, 0.1) is 0 Å². The largest absolute Gasteiger partial charge is 0.343 e. The van der Waals surface area contributed by atoms with Crippen LogP contribution < -0.4 is 5.32 Å². The second kappa shape index (κ2) is 6.89. The van der Waals surface area contributed by atoms with Crippen molar-refractivity contribution in [2.45, 2.75) is 40.0 Å². The molecule has 1 heterocycles. The lowest BCUT2D eigenvalue weighted by Crippen LogP contribution is -2.34. The second-order valence-electron chi connectivity index (χ2n) is 5.22. The summed E-state index contributed by atoms with van der Waals surface area (Å²) in [6.07, 6.45) is 3.02. The third-order valence-corrected chi connectivity index (χ3v) is 3.25. The van der Waals surface area contributed by atoms with Gasteiger partial charge in [-0.15, -0.1) is 0 Å². The zero-order chi connectivity index (χ0) is 12.0. The van der Waals surface area contributed by atoms with Crippen molar-refractivity contribution in [3.63, 3.8) is 0 Å². The lowest BCUT2D eigenvalue weighted by Gasteiger charge is -2.23. The van der Waals surface area contributed by atoms with Crippen molar-refractivity contribution in [2.75, 3.05) is 26.2 Å². The molecule has 1 unspecified atom stereocenters. The van der Waals surface area contributed by atoms with E-state index in [1.165, 1.54) is 6.42 Å². The fraction of sp³-hybridized carbons (Fsp3) is 0.923. The normalized spacial score (nSPS) is 20.4. The molecule has 1 aliphatic rings. The van der Waals surface area contributed by atoms with E-state index in [1.807, 2.05) is 4.90 Å². The second-order valence-corrected chi connectivity index (χ2v) is 5.22. The van der Waals surface area contributed by atoms with E-state index in [4.69, 9.17) is 0 Å². The number of amides is 1. The average Bonchev–Trinajstić information content (AvgIpc) is 2.75. The molecule has 0 radical (unpaired) electrons. The highest BCUT2D eigenvalue weighted by molar-refractivity contribution is 5.76. The highest BCUT2D eigenvalue weighted by Crippen LogP contribution is 2.15. The summed E-state index contributed by atoms with van der Waals surface area (Å²) in [4.78, 5) is 14.0. The Hall–Kier alpha value is -0.570. The van der Waals surface area contributed by atoms with Crippen molar-refractivity contribution < 1.29 is 4.79 Å². The molecule has 0 aromatic heterocycles. The Labute approximate surface area is 99.6 Å². The molecule has 0 spiro atoms. The summed E-state index contributed by atoms with van der Waals surface area (Å²) in [5, 5.41) is 3.35. The molecule has 1 saturated heterocycles. The minimum Gasteiger partial charge on any atom is -0.343 e. The summed E-state index contributed by atoms with van der Waals surface area (Å²) in [5.41, 5.74) is 0. The van der Waals surface area contributed by atoms with Gasteiger partial charge in [-0.1, -0.05) is 13.8 Å². The molecular formula is C13H26N2O. The van der Waals surface area contributed by atoms with E-state index in [2.05, 4.69) is 26.1 Å². The van der Waals surface area contributed by atoms with Gasteiger partial charge in [0.1, 0.15) is 0 Å². The van der Waals surface area contributed by atoms with Gasteiger partial charge in [0.2, 0.25) is 5.91 Å². The first-order valence-corrected chi connectivity index (χ1v) is 6.62. The molecule has 1 N–H and O–H groups in total. The molecule has 0 aromatic carbocycles. The fourth-order valence-corrected chi connectivity index (χ4v) is 2.29. The number of rotatable bonds is 6. The lowest BCUT2D eigenvalue weighted by atomic mass is 10.0. The topological polar surface area (TPSA) is 32.3 Å². The van der Waals surface area contributed by atoms with Gasteiger partial charge in [0.15, 0.2) is 0 Å². The van der Waals surface area contributed by atoms with Crippen LogP contribution in [-0.4, -0.2) is 37.0 Å². The molecule has 1 amide bonds. The van der Waals surface area contributed by atoms with Gasteiger partial charge in [0, 0.05) is 19.5 Å². The summed E-state index contributed by atoms with van der Waals surface area (Å²) in [7, 11) is 0. The Bertz CT molecular complexity index is 210. The average molecular weight is 226 g/mol. The predicted molar refractivity (Wildman–Crippen MR) is 67.3 cm³/mol. The molecule has 1 fully saturated rings. The van der Waals surface area contributed by atoms with Crippen molar-refractivity contribution in [1.82, 2.24) is 10.2 Å². The smallest absolute Gasteiger partial charge is 0.222 e. The highest BCUT2D eigenvalue weighted by atomic mass is 16.2. The molecule has 3 nitrogen and oxygen atoms in total. The van der Waals surface area contributed by atoms with Crippen molar-refractivity contribution in [3.05, 3.63) is 0 Å². The number of hydrogen-bond acceptors (Lipinski definition) is 2. The molecule has 0 aromatic rings. The fourth-order valence-electron chi connectivity index (χ4n) is 2.29. The van der Waals surface area contributed by atoms with Crippen LogP contribution in [0.4, 0.5) is 0 Å². The maximum absolute atomic E-state index is 12.0. The van der Waals surface area contributed by atoms with Gasteiger partial charge < -0.3 is 10.2 Å². The van der Waals surface area contributed by atoms with Gasteiger partial charge in [-0.25, -0.2) is 0 Å². The van der Waals surface area contributed by atoms with Crippen LogP contribution in [0.25, 0.3) is 0 Å². The summed E-state index contributed by atoms with van der Waals surface area (Å²) >= 11 is 0. The molecular weight excluding hydrogens is 200 g/mol. The molecule has 1 rings (SSSR count). The zero-order valence-corrected chi connectivity index (χ0v) is 11.0. The molecule has 0 bridgehead atoms. The molecule has 0 saturated carbocycles. The quantitative estimate of drug-likeness (QED) is 0.750. The van der Waals surface area contributed by atoms with Crippen LogP contribution in [0.1, 0.15) is 40.0 Å². The van der Waals surface area contributed by atoms with E-state index >= 15 is 0 Å². The van der Waals surface area contributed by atoms with Crippen LogP contribution in [0.15, 0.2) is 0 Å². The zero-order valence-electron chi connectivity index (χ0n) is 11.0. The van der Waals surface area contributed by atoms with Gasteiger partial charge in [-0.2, -0.15) is 0 Å². The third kappa shape index (κ3) is 4.52. The van der Waals surface area contributed by atoms with Gasteiger partial charge >= 0.3 is 0 Å². The summed E-state index contributed by atoms with van der Waals surface area (Å²) in [5.74, 6) is 1.63. The van der Waals surface area contributed by atoms with E-state index < -0.39 is 0 Å². The SMILES string of the molecule is CCN(CC(C)C)C(=O)CCC1CCNC1. The minimum absolute atomic E-state index is 0.336. The first-order valence-electron chi connectivity index (χ1n) is 6.62. The summed E-state index contributed by atoms with van der Waals surface area (Å²) < 4.78 is 0. The Balaban J connectivity index is 2.25. The standard InChI is InChI=1S/C13H26N2O/c1-4-15(10-11(2)3)13(16)6-5-12-7-8-14-9-12/h11-12,14H,4-10H2,1-3H3. The number of nitrogens with zero attached hydrogens (tertiary/aromatic N) is 1.